The molecule has 1 aromatic carbocycles. The number of carbonyl (C=O) groups is 1. The molecular weight excluding hydrogens is 264 g/mol. The quantitative estimate of drug-likeness (QED) is 0.862. The highest BCUT2D eigenvalue weighted by Crippen LogP contribution is 2.07. The van der Waals surface area contributed by atoms with Crippen molar-refractivity contribution in [2.45, 2.75) is 19.5 Å². The number of amides is 1. The molecule has 1 aromatic rings. The molecule has 1 amide bonds. The Labute approximate surface area is 117 Å². The van der Waals surface area contributed by atoms with E-state index in [1.807, 2.05) is 0 Å². The van der Waals surface area contributed by atoms with Gasteiger partial charge in [0.1, 0.15) is 11.6 Å². The van der Waals surface area contributed by atoms with Crippen molar-refractivity contribution in [1.82, 2.24) is 15.5 Å². The molecule has 0 unspecified atom stereocenters. The molecule has 6 heteroatoms. The average molecular weight is 283 g/mol. The molecule has 1 atom stereocenters. The molecule has 1 heterocycles. The van der Waals surface area contributed by atoms with Crippen LogP contribution in [0, 0.1) is 11.6 Å². The summed E-state index contributed by atoms with van der Waals surface area (Å²) in [6.07, 6.45) is 0. The number of rotatable bonds is 4. The van der Waals surface area contributed by atoms with Gasteiger partial charge in [-0.2, -0.15) is 0 Å². The highest BCUT2D eigenvalue weighted by molar-refractivity contribution is 5.78. The fraction of sp³-hybridized carbons (Fsp3) is 0.500. The SMILES string of the molecule is C[C@H]1CNCCN1CC(=O)NCc1cc(F)cc(F)c1. The summed E-state index contributed by atoms with van der Waals surface area (Å²) < 4.78 is 26.0. The summed E-state index contributed by atoms with van der Waals surface area (Å²) in [7, 11) is 0. The highest BCUT2D eigenvalue weighted by Gasteiger charge is 2.19. The molecule has 20 heavy (non-hydrogen) atoms. The number of hydrogen-bond donors (Lipinski definition) is 2. The summed E-state index contributed by atoms with van der Waals surface area (Å²) in [6.45, 7) is 5.05. The van der Waals surface area contributed by atoms with Gasteiger partial charge in [0.2, 0.25) is 5.91 Å². The van der Waals surface area contributed by atoms with E-state index in [2.05, 4.69) is 22.5 Å². The minimum atomic E-state index is -0.634. The maximum absolute atomic E-state index is 13.0. The normalized spacial score (nSPS) is 19.9. The van der Waals surface area contributed by atoms with Crippen LogP contribution in [-0.4, -0.2) is 43.0 Å². The number of carbonyl (C=O) groups excluding carboxylic acids is 1. The lowest BCUT2D eigenvalue weighted by Crippen LogP contribution is -2.52. The van der Waals surface area contributed by atoms with E-state index in [-0.39, 0.29) is 12.5 Å². The predicted molar refractivity (Wildman–Crippen MR) is 72.1 cm³/mol. The summed E-state index contributed by atoms with van der Waals surface area (Å²) in [6, 6.07) is 3.56. The number of halogens is 2. The third kappa shape index (κ3) is 4.25. The van der Waals surface area contributed by atoms with Crippen LogP contribution in [0.15, 0.2) is 18.2 Å². The molecule has 2 N–H and O–H groups in total. The van der Waals surface area contributed by atoms with E-state index in [0.29, 0.717) is 18.2 Å². The first kappa shape index (κ1) is 14.9. The zero-order valence-electron chi connectivity index (χ0n) is 11.5. The fourth-order valence-corrected chi connectivity index (χ4v) is 2.27. The Hall–Kier alpha value is -1.53. The minimum absolute atomic E-state index is 0.133. The van der Waals surface area contributed by atoms with Crippen LogP contribution in [0.4, 0.5) is 8.78 Å². The predicted octanol–water partition coefficient (Wildman–Crippen LogP) is 0.875. The maximum Gasteiger partial charge on any atom is 0.234 e. The van der Waals surface area contributed by atoms with Crippen molar-refractivity contribution < 1.29 is 13.6 Å². The Morgan fingerprint density at radius 2 is 2.10 bits per heavy atom. The van der Waals surface area contributed by atoms with Crippen LogP contribution >= 0.6 is 0 Å². The molecule has 0 aromatic heterocycles. The van der Waals surface area contributed by atoms with Gasteiger partial charge in [-0.05, 0) is 24.6 Å². The number of nitrogens with zero attached hydrogens (tertiary/aromatic N) is 1. The highest BCUT2D eigenvalue weighted by atomic mass is 19.1. The first-order valence-electron chi connectivity index (χ1n) is 6.71. The second kappa shape index (κ2) is 6.76. The Bertz CT molecular complexity index is 461. The number of nitrogens with one attached hydrogen (secondary N) is 2. The van der Waals surface area contributed by atoms with Crippen LogP contribution in [0.1, 0.15) is 12.5 Å². The van der Waals surface area contributed by atoms with Crippen molar-refractivity contribution in [2.75, 3.05) is 26.2 Å². The summed E-state index contributed by atoms with van der Waals surface area (Å²) in [4.78, 5) is 13.9. The van der Waals surface area contributed by atoms with Gasteiger partial charge in [-0.1, -0.05) is 0 Å². The van der Waals surface area contributed by atoms with Gasteiger partial charge in [-0.15, -0.1) is 0 Å². The van der Waals surface area contributed by atoms with Crippen molar-refractivity contribution >= 4 is 5.91 Å². The Balaban J connectivity index is 1.82. The fourth-order valence-electron chi connectivity index (χ4n) is 2.27. The smallest absolute Gasteiger partial charge is 0.234 e. The van der Waals surface area contributed by atoms with Gasteiger partial charge in [-0.3, -0.25) is 9.69 Å². The number of benzene rings is 1. The number of piperazine rings is 1. The van der Waals surface area contributed by atoms with Crippen LogP contribution in [0.3, 0.4) is 0 Å². The summed E-state index contributed by atoms with van der Waals surface area (Å²) in [5, 5.41) is 5.94. The van der Waals surface area contributed by atoms with Gasteiger partial charge >= 0.3 is 0 Å². The lowest BCUT2D eigenvalue weighted by atomic mass is 10.2. The van der Waals surface area contributed by atoms with Crippen molar-refractivity contribution in [3.05, 3.63) is 35.4 Å². The topological polar surface area (TPSA) is 44.4 Å². The van der Waals surface area contributed by atoms with Crippen LogP contribution in [0.25, 0.3) is 0 Å². The van der Waals surface area contributed by atoms with Crippen molar-refractivity contribution in [3.63, 3.8) is 0 Å². The largest absolute Gasteiger partial charge is 0.351 e. The molecule has 0 bridgehead atoms. The first-order chi connectivity index (χ1) is 9.54. The van der Waals surface area contributed by atoms with E-state index < -0.39 is 11.6 Å². The second-order valence-corrected chi connectivity index (χ2v) is 5.08. The standard InChI is InChI=1S/C14H19F2N3O/c1-10-7-17-2-3-19(10)9-14(20)18-8-11-4-12(15)6-13(16)5-11/h4-6,10,17H,2-3,7-9H2,1H3,(H,18,20)/t10-/m0/s1. The van der Waals surface area contributed by atoms with Crippen molar-refractivity contribution in [3.8, 4) is 0 Å². The van der Waals surface area contributed by atoms with Crippen LogP contribution in [-0.2, 0) is 11.3 Å². The lowest BCUT2D eigenvalue weighted by molar-refractivity contribution is -0.123. The van der Waals surface area contributed by atoms with Gasteiger partial charge in [0.25, 0.3) is 0 Å². The maximum atomic E-state index is 13.0. The Morgan fingerprint density at radius 1 is 1.40 bits per heavy atom. The van der Waals surface area contributed by atoms with Crippen molar-refractivity contribution in [1.29, 1.82) is 0 Å². The van der Waals surface area contributed by atoms with Gasteiger partial charge < -0.3 is 10.6 Å². The molecule has 1 saturated heterocycles. The molecule has 110 valence electrons. The molecule has 2 rings (SSSR count). The third-order valence-electron chi connectivity index (χ3n) is 3.40. The van der Waals surface area contributed by atoms with E-state index >= 15 is 0 Å². The average Bonchev–Trinajstić information content (AvgIpc) is 2.38. The zero-order valence-corrected chi connectivity index (χ0v) is 11.5. The Morgan fingerprint density at radius 3 is 2.75 bits per heavy atom. The zero-order chi connectivity index (χ0) is 14.5. The van der Waals surface area contributed by atoms with E-state index in [4.69, 9.17) is 0 Å². The van der Waals surface area contributed by atoms with E-state index in [9.17, 15) is 13.6 Å². The summed E-state index contributed by atoms with van der Waals surface area (Å²) in [5.74, 6) is -1.40. The molecule has 1 fully saturated rings. The van der Waals surface area contributed by atoms with Crippen LogP contribution in [0.5, 0.6) is 0 Å². The molecule has 1 aliphatic heterocycles. The molecular formula is C14H19F2N3O. The second-order valence-electron chi connectivity index (χ2n) is 5.08. The molecule has 0 saturated carbocycles. The lowest BCUT2D eigenvalue weighted by Gasteiger charge is -2.33. The third-order valence-corrected chi connectivity index (χ3v) is 3.40. The van der Waals surface area contributed by atoms with Crippen LogP contribution < -0.4 is 10.6 Å². The molecule has 0 aliphatic carbocycles. The molecule has 0 spiro atoms. The minimum Gasteiger partial charge on any atom is -0.351 e. The van der Waals surface area contributed by atoms with Gasteiger partial charge in [0.05, 0.1) is 6.54 Å². The number of hydrogen-bond acceptors (Lipinski definition) is 3. The molecule has 1 aliphatic rings. The first-order valence-corrected chi connectivity index (χ1v) is 6.71. The monoisotopic (exact) mass is 283 g/mol. The summed E-state index contributed by atoms with van der Waals surface area (Å²) >= 11 is 0. The van der Waals surface area contributed by atoms with E-state index in [1.54, 1.807) is 0 Å². The van der Waals surface area contributed by atoms with Crippen molar-refractivity contribution in [2.24, 2.45) is 0 Å². The van der Waals surface area contributed by atoms with Gasteiger partial charge in [-0.25, -0.2) is 8.78 Å². The summed E-state index contributed by atoms with van der Waals surface area (Å²) in [5.41, 5.74) is 0.421. The van der Waals surface area contributed by atoms with Crippen LogP contribution in [0.2, 0.25) is 0 Å². The van der Waals surface area contributed by atoms with Gasteiger partial charge in [0, 0.05) is 38.3 Å². The molecule has 4 nitrogen and oxygen atoms in total. The van der Waals surface area contributed by atoms with E-state index in [1.165, 1.54) is 12.1 Å². The van der Waals surface area contributed by atoms with Gasteiger partial charge in [0.15, 0.2) is 0 Å². The Kier molecular flexibility index (Phi) is 5.03. The van der Waals surface area contributed by atoms with E-state index in [0.717, 1.165) is 25.7 Å². The molecule has 0 radical (unpaired) electrons.